The zero-order valence-electron chi connectivity index (χ0n) is 12.4. The van der Waals surface area contributed by atoms with Crippen LogP contribution in [0.5, 0.6) is 0 Å². The first-order valence-corrected chi connectivity index (χ1v) is 9.26. The molecule has 1 saturated heterocycles. The molecule has 4 nitrogen and oxygen atoms in total. The standard InChI is InChI=1S/C16H17N3OS2/c1-11-7-15(20-18-11)14-3-2-5-19(14)8-13-10-22-16(17-13)12-4-6-21-9-12/h4,6-7,9-10,14H,2-3,5,8H2,1H3/t14-/m0/s1. The van der Waals surface area contributed by atoms with Crippen molar-refractivity contribution in [3.8, 4) is 10.6 Å². The van der Waals surface area contributed by atoms with Gasteiger partial charge in [-0.25, -0.2) is 4.98 Å². The fourth-order valence-electron chi connectivity index (χ4n) is 2.98. The number of nitrogens with zero attached hydrogens (tertiary/aromatic N) is 3. The maximum atomic E-state index is 5.47. The molecule has 0 amide bonds. The molecule has 4 heterocycles. The van der Waals surface area contributed by atoms with Crippen LogP contribution in [-0.4, -0.2) is 21.6 Å². The van der Waals surface area contributed by atoms with Gasteiger partial charge in [-0.2, -0.15) is 11.3 Å². The summed E-state index contributed by atoms with van der Waals surface area (Å²) < 4.78 is 5.47. The van der Waals surface area contributed by atoms with Gasteiger partial charge in [0.25, 0.3) is 0 Å². The van der Waals surface area contributed by atoms with Gasteiger partial charge in [0.1, 0.15) is 5.01 Å². The number of aromatic nitrogens is 2. The lowest BCUT2D eigenvalue weighted by Gasteiger charge is -2.21. The summed E-state index contributed by atoms with van der Waals surface area (Å²) in [6.07, 6.45) is 2.34. The molecule has 3 aromatic rings. The van der Waals surface area contributed by atoms with Crippen LogP contribution in [0.3, 0.4) is 0 Å². The van der Waals surface area contributed by atoms with E-state index < -0.39 is 0 Å². The summed E-state index contributed by atoms with van der Waals surface area (Å²) in [5.41, 5.74) is 3.33. The van der Waals surface area contributed by atoms with E-state index in [0.717, 1.165) is 41.7 Å². The molecule has 0 spiro atoms. The Labute approximate surface area is 137 Å². The lowest BCUT2D eigenvalue weighted by molar-refractivity contribution is 0.205. The van der Waals surface area contributed by atoms with Gasteiger partial charge in [0.05, 0.1) is 17.4 Å². The molecule has 1 fully saturated rings. The molecule has 1 atom stereocenters. The molecule has 3 aromatic heterocycles. The fourth-order valence-corrected chi connectivity index (χ4v) is 4.51. The third-order valence-corrected chi connectivity index (χ3v) is 5.65. The molecule has 1 aliphatic heterocycles. The van der Waals surface area contributed by atoms with E-state index in [4.69, 9.17) is 9.51 Å². The molecular weight excluding hydrogens is 314 g/mol. The van der Waals surface area contributed by atoms with E-state index in [2.05, 4.69) is 38.3 Å². The van der Waals surface area contributed by atoms with Crippen molar-refractivity contribution in [2.75, 3.05) is 6.54 Å². The van der Waals surface area contributed by atoms with Crippen LogP contribution in [0.2, 0.25) is 0 Å². The van der Waals surface area contributed by atoms with Crippen LogP contribution in [0.1, 0.15) is 36.0 Å². The minimum Gasteiger partial charge on any atom is -0.359 e. The number of hydrogen-bond donors (Lipinski definition) is 0. The van der Waals surface area contributed by atoms with Gasteiger partial charge in [-0.15, -0.1) is 11.3 Å². The van der Waals surface area contributed by atoms with Crippen molar-refractivity contribution in [1.82, 2.24) is 15.0 Å². The highest BCUT2D eigenvalue weighted by Gasteiger charge is 2.29. The quantitative estimate of drug-likeness (QED) is 0.705. The molecule has 0 aromatic carbocycles. The van der Waals surface area contributed by atoms with E-state index in [0.29, 0.717) is 6.04 Å². The van der Waals surface area contributed by atoms with E-state index in [1.165, 1.54) is 12.0 Å². The van der Waals surface area contributed by atoms with Gasteiger partial charge in [0, 0.05) is 28.9 Å². The number of hydrogen-bond acceptors (Lipinski definition) is 6. The highest BCUT2D eigenvalue weighted by Crippen LogP contribution is 2.34. The maximum absolute atomic E-state index is 5.47. The summed E-state index contributed by atoms with van der Waals surface area (Å²) in [5.74, 6) is 0.989. The minimum absolute atomic E-state index is 0.340. The van der Waals surface area contributed by atoms with E-state index in [1.807, 2.05) is 6.92 Å². The molecule has 4 rings (SSSR count). The van der Waals surface area contributed by atoms with Crippen LogP contribution in [0.25, 0.3) is 10.6 Å². The van der Waals surface area contributed by atoms with Gasteiger partial charge < -0.3 is 4.52 Å². The summed E-state index contributed by atoms with van der Waals surface area (Å²) in [6.45, 7) is 3.95. The van der Waals surface area contributed by atoms with Crippen molar-refractivity contribution in [2.45, 2.75) is 32.4 Å². The molecule has 0 saturated carbocycles. The number of thiazole rings is 1. The predicted octanol–water partition coefficient (Wildman–Crippen LogP) is 4.51. The highest BCUT2D eigenvalue weighted by atomic mass is 32.1. The van der Waals surface area contributed by atoms with Gasteiger partial charge in [0.15, 0.2) is 5.76 Å². The number of rotatable bonds is 4. The molecule has 0 bridgehead atoms. The first kappa shape index (κ1) is 14.1. The van der Waals surface area contributed by atoms with Crippen LogP contribution in [0, 0.1) is 6.92 Å². The van der Waals surface area contributed by atoms with E-state index in [-0.39, 0.29) is 0 Å². The molecule has 1 aliphatic rings. The van der Waals surface area contributed by atoms with Crippen LogP contribution >= 0.6 is 22.7 Å². The van der Waals surface area contributed by atoms with Crippen molar-refractivity contribution in [3.05, 3.63) is 45.4 Å². The summed E-state index contributed by atoms with van der Waals surface area (Å²) in [6, 6.07) is 4.52. The number of aryl methyl sites for hydroxylation is 1. The van der Waals surface area contributed by atoms with Gasteiger partial charge in [-0.1, -0.05) is 5.16 Å². The van der Waals surface area contributed by atoms with E-state index in [1.54, 1.807) is 22.7 Å². The van der Waals surface area contributed by atoms with Crippen molar-refractivity contribution >= 4 is 22.7 Å². The largest absolute Gasteiger partial charge is 0.359 e. The minimum atomic E-state index is 0.340. The highest BCUT2D eigenvalue weighted by molar-refractivity contribution is 7.14. The third-order valence-electron chi connectivity index (χ3n) is 4.02. The molecular formula is C16H17N3OS2. The molecule has 22 heavy (non-hydrogen) atoms. The monoisotopic (exact) mass is 331 g/mol. The second kappa shape index (κ2) is 5.95. The predicted molar refractivity (Wildman–Crippen MR) is 89.1 cm³/mol. The molecule has 6 heteroatoms. The van der Waals surface area contributed by atoms with Gasteiger partial charge in [-0.3, -0.25) is 4.90 Å². The Bertz CT molecular complexity index is 747. The second-order valence-corrected chi connectivity index (χ2v) is 7.29. The van der Waals surface area contributed by atoms with Crippen molar-refractivity contribution in [1.29, 1.82) is 0 Å². The Hall–Kier alpha value is -1.50. The van der Waals surface area contributed by atoms with Crippen LogP contribution in [0.15, 0.2) is 32.8 Å². The fraction of sp³-hybridized carbons (Fsp3) is 0.375. The number of thiophene rings is 1. The molecule has 114 valence electrons. The molecule has 0 aliphatic carbocycles. The Morgan fingerprint density at radius 3 is 3.14 bits per heavy atom. The van der Waals surface area contributed by atoms with E-state index >= 15 is 0 Å². The van der Waals surface area contributed by atoms with Crippen molar-refractivity contribution in [3.63, 3.8) is 0 Å². The normalized spacial score (nSPS) is 19.0. The zero-order chi connectivity index (χ0) is 14.9. The van der Waals surface area contributed by atoms with Crippen molar-refractivity contribution in [2.24, 2.45) is 0 Å². The van der Waals surface area contributed by atoms with E-state index in [9.17, 15) is 0 Å². The number of likely N-dealkylation sites (tertiary alicyclic amines) is 1. The molecule has 0 radical (unpaired) electrons. The van der Waals surface area contributed by atoms with Crippen LogP contribution in [-0.2, 0) is 6.54 Å². The SMILES string of the molecule is Cc1cc([C@@H]2CCCN2Cc2csc(-c3ccsc3)n2)on1. The lowest BCUT2D eigenvalue weighted by atomic mass is 10.1. The van der Waals surface area contributed by atoms with Gasteiger partial charge in [-0.05, 0) is 37.8 Å². The van der Waals surface area contributed by atoms with Crippen molar-refractivity contribution < 1.29 is 4.52 Å². The van der Waals surface area contributed by atoms with Crippen LogP contribution in [0.4, 0.5) is 0 Å². The first-order valence-electron chi connectivity index (χ1n) is 7.44. The maximum Gasteiger partial charge on any atom is 0.154 e. The Morgan fingerprint density at radius 1 is 1.41 bits per heavy atom. The topological polar surface area (TPSA) is 42.2 Å². The molecule has 0 unspecified atom stereocenters. The second-order valence-electron chi connectivity index (χ2n) is 5.66. The Kier molecular flexibility index (Phi) is 3.82. The average molecular weight is 331 g/mol. The summed E-state index contributed by atoms with van der Waals surface area (Å²) in [5, 5.41) is 11.6. The van der Waals surface area contributed by atoms with Crippen LogP contribution < -0.4 is 0 Å². The summed E-state index contributed by atoms with van der Waals surface area (Å²) in [7, 11) is 0. The Morgan fingerprint density at radius 2 is 2.36 bits per heavy atom. The molecule has 0 N–H and O–H groups in total. The Balaban J connectivity index is 1.50. The van der Waals surface area contributed by atoms with Gasteiger partial charge >= 0.3 is 0 Å². The smallest absolute Gasteiger partial charge is 0.154 e. The third kappa shape index (κ3) is 2.74. The summed E-state index contributed by atoms with van der Waals surface area (Å²) >= 11 is 3.44. The lowest BCUT2D eigenvalue weighted by Crippen LogP contribution is -2.22. The average Bonchev–Trinajstić information content (AvgIpc) is 3.26. The first-order chi connectivity index (χ1) is 10.8. The van der Waals surface area contributed by atoms with Gasteiger partial charge in [0.2, 0.25) is 0 Å². The zero-order valence-corrected chi connectivity index (χ0v) is 14.0. The summed E-state index contributed by atoms with van der Waals surface area (Å²) in [4.78, 5) is 7.24.